The van der Waals surface area contributed by atoms with Crippen molar-refractivity contribution in [3.05, 3.63) is 59.7 Å². The average molecular weight is 423 g/mol. The molecule has 166 valence electrons. The molecule has 2 aliphatic heterocycles. The Morgan fingerprint density at radius 2 is 1.84 bits per heavy atom. The Kier molecular flexibility index (Phi) is 7.63. The molecule has 0 spiro atoms. The second-order valence-corrected chi connectivity index (χ2v) is 8.68. The van der Waals surface area contributed by atoms with E-state index in [-0.39, 0.29) is 24.1 Å². The minimum atomic E-state index is -0.256. The Morgan fingerprint density at radius 3 is 2.61 bits per heavy atom. The minimum absolute atomic E-state index is 0.145. The second-order valence-electron chi connectivity index (χ2n) is 8.68. The zero-order valence-electron chi connectivity index (χ0n) is 18.6. The third-order valence-corrected chi connectivity index (χ3v) is 6.31. The van der Waals surface area contributed by atoms with E-state index < -0.39 is 0 Å². The zero-order chi connectivity index (χ0) is 21.5. The summed E-state index contributed by atoms with van der Waals surface area (Å²) < 4.78 is 18.2. The fraction of sp³-hybridized carbons (Fsp3) is 0.519. The third kappa shape index (κ3) is 5.48. The Morgan fingerprint density at radius 1 is 1.00 bits per heavy atom. The average Bonchev–Trinajstić information content (AvgIpc) is 2.80. The van der Waals surface area contributed by atoms with Gasteiger partial charge in [0.15, 0.2) is 12.1 Å². The molecule has 1 fully saturated rings. The summed E-state index contributed by atoms with van der Waals surface area (Å²) in [6, 6.07) is 15.7. The van der Waals surface area contributed by atoms with E-state index in [1.54, 1.807) is 0 Å². The number of benzene rings is 2. The molecule has 0 aromatic heterocycles. The molecule has 0 saturated carbocycles. The smallest absolute Gasteiger partial charge is 0.199 e. The fourth-order valence-electron chi connectivity index (χ4n) is 4.60. The first kappa shape index (κ1) is 21.9. The van der Waals surface area contributed by atoms with E-state index >= 15 is 0 Å². The van der Waals surface area contributed by atoms with Crippen LogP contribution in [-0.2, 0) is 4.74 Å². The summed E-state index contributed by atoms with van der Waals surface area (Å²) in [5, 5.41) is 0. The van der Waals surface area contributed by atoms with Crippen LogP contribution >= 0.6 is 0 Å². The summed E-state index contributed by atoms with van der Waals surface area (Å²) in [5.74, 6) is 1.24. The number of fused-ring (bicyclic) bond motifs is 1. The molecule has 4 heteroatoms. The molecule has 0 bridgehead atoms. The van der Waals surface area contributed by atoms with Crippen molar-refractivity contribution in [3.63, 3.8) is 0 Å². The van der Waals surface area contributed by atoms with Crippen molar-refractivity contribution in [1.29, 1.82) is 0 Å². The summed E-state index contributed by atoms with van der Waals surface area (Å²) in [5.41, 5.74) is 1.68. The fourth-order valence-corrected chi connectivity index (χ4v) is 4.60. The van der Waals surface area contributed by atoms with Gasteiger partial charge in [0.05, 0.1) is 18.1 Å². The summed E-state index contributed by atoms with van der Waals surface area (Å²) >= 11 is 0. The maximum Gasteiger partial charge on any atom is 0.199 e. The number of unbranched alkanes of at least 4 members (excludes halogenated alkanes) is 4. The van der Waals surface area contributed by atoms with E-state index in [0.29, 0.717) is 17.1 Å². The molecule has 0 aliphatic carbocycles. The van der Waals surface area contributed by atoms with Gasteiger partial charge < -0.3 is 14.2 Å². The standard InChI is InChI=1S/C27H34O4/c1-2-3-4-5-9-14-23-26(20-12-7-6-8-13-20)27(28)22-17-16-21(19-24(22)31-23)30-25-15-10-11-18-29-25/h6-8,12-13,16-17,19,23,25-26H,2-5,9-11,14-15,18H2,1H3/t23-,25?,26-/m0/s1. The predicted molar refractivity (Wildman–Crippen MR) is 122 cm³/mol. The van der Waals surface area contributed by atoms with Gasteiger partial charge in [-0.1, -0.05) is 62.9 Å². The highest BCUT2D eigenvalue weighted by molar-refractivity contribution is 6.04. The van der Waals surface area contributed by atoms with Crippen LogP contribution in [0.5, 0.6) is 11.5 Å². The lowest BCUT2D eigenvalue weighted by molar-refractivity contribution is -0.106. The van der Waals surface area contributed by atoms with Gasteiger partial charge in [0.1, 0.15) is 17.6 Å². The van der Waals surface area contributed by atoms with Gasteiger partial charge in [0, 0.05) is 12.5 Å². The number of carbonyl (C=O) groups is 1. The van der Waals surface area contributed by atoms with E-state index in [2.05, 4.69) is 6.92 Å². The number of rotatable bonds is 9. The minimum Gasteiger partial charge on any atom is -0.488 e. The van der Waals surface area contributed by atoms with Crippen molar-refractivity contribution in [2.24, 2.45) is 0 Å². The zero-order valence-corrected chi connectivity index (χ0v) is 18.6. The quantitative estimate of drug-likeness (QED) is 0.423. The molecule has 2 aromatic carbocycles. The lowest BCUT2D eigenvalue weighted by atomic mass is 9.82. The van der Waals surface area contributed by atoms with Crippen LogP contribution in [0, 0.1) is 0 Å². The first-order valence-corrected chi connectivity index (χ1v) is 11.9. The highest BCUT2D eigenvalue weighted by Crippen LogP contribution is 2.40. The molecule has 1 saturated heterocycles. The van der Waals surface area contributed by atoms with Crippen LogP contribution in [0.3, 0.4) is 0 Å². The topological polar surface area (TPSA) is 44.8 Å². The van der Waals surface area contributed by atoms with Crippen LogP contribution in [0.2, 0.25) is 0 Å². The molecule has 3 atom stereocenters. The Labute approximate surface area is 185 Å². The number of ether oxygens (including phenoxy) is 3. The van der Waals surface area contributed by atoms with Crippen LogP contribution < -0.4 is 9.47 Å². The van der Waals surface area contributed by atoms with Gasteiger partial charge in [-0.05, 0) is 43.4 Å². The number of ketones is 1. The Balaban J connectivity index is 1.53. The van der Waals surface area contributed by atoms with E-state index in [1.807, 2.05) is 48.5 Å². The molecule has 31 heavy (non-hydrogen) atoms. The van der Waals surface area contributed by atoms with Crippen LogP contribution in [0.1, 0.15) is 86.6 Å². The predicted octanol–water partition coefficient (Wildman–Crippen LogP) is 6.68. The van der Waals surface area contributed by atoms with Crippen molar-refractivity contribution in [1.82, 2.24) is 0 Å². The molecule has 2 aromatic rings. The first-order chi connectivity index (χ1) is 15.3. The van der Waals surface area contributed by atoms with Crippen molar-refractivity contribution in [3.8, 4) is 11.5 Å². The molecule has 1 unspecified atom stereocenters. The molecule has 2 aliphatic rings. The van der Waals surface area contributed by atoms with Crippen molar-refractivity contribution in [2.75, 3.05) is 6.61 Å². The van der Waals surface area contributed by atoms with Gasteiger partial charge in [-0.15, -0.1) is 0 Å². The van der Waals surface area contributed by atoms with Crippen molar-refractivity contribution in [2.45, 2.75) is 83.0 Å². The highest BCUT2D eigenvalue weighted by Gasteiger charge is 2.38. The van der Waals surface area contributed by atoms with Crippen LogP contribution in [0.4, 0.5) is 0 Å². The molecule has 0 N–H and O–H groups in total. The van der Waals surface area contributed by atoms with Crippen LogP contribution in [0.25, 0.3) is 0 Å². The monoisotopic (exact) mass is 422 g/mol. The van der Waals surface area contributed by atoms with E-state index in [0.717, 1.165) is 44.3 Å². The highest BCUT2D eigenvalue weighted by atomic mass is 16.7. The van der Waals surface area contributed by atoms with Gasteiger partial charge in [0.25, 0.3) is 0 Å². The molecule has 4 rings (SSSR count). The summed E-state index contributed by atoms with van der Waals surface area (Å²) in [6.07, 6.45) is 9.60. The van der Waals surface area contributed by atoms with Gasteiger partial charge in [0.2, 0.25) is 0 Å². The van der Waals surface area contributed by atoms with E-state index in [1.165, 1.54) is 25.7 Å². The van der Waals surface area contributed by atoms with E-state index in [4.69, 9.17) is 14.2 Å². The maximum atomic E-state index is 13.5. The lowest BCUT2D eigenvalue weighted by Crippen LogP contribution is -2.36. The molecule has 4 nitrogen and oxygen atoms in total. The van der Waals surface area contributed by atoms with Gasteiger partial charge in [-0.2, -0.15) is 0 Å². The van der Waals surface area contributed by atoms with Crippen LogP contribution in [-0.4, -0.2) is 24.8 Å². The Hall–Kier alpha value is -2.33. The molecule has 0 radical (unpaired) electrons. The number of hydrogen-bond acceptors (Lipinski definition) is 4. The third-order valence-electron chi connectivity index (χ3n) is 6.31. The number of Topliss-reactive ketones (excluding diaryl/α,β-unsaturated/α-hetero) is 1. The Bertz CT molecular complexity index is 842. The van der Waals surface area contributed by atoms with Crippen LogP contribution in [0.15, 0.2) is 48.5 Å². The number of carbonyl (C=O) groups excluding carboxylic acids is 1. The van der Waals surface area contributed by atoms with Gasteiger partial charge >= 0.3 is 0 Å². The SMILES string of the molecule is CCCCCCC[C@@H]1Oc2cc(OC3CCCCO3)ccc2C(=O)[C@H]1c1ccccc1. The largest absolute Gasteiger partial charge is 0.488 e. The molecule has 2 heterocycles. The lowest BCUT2D eigenvalue weighted by Gasteiger charge is -2.33. The van der Waals surface area contributed by atoms with Crippen molar-refractivity contribution < 1.29 is 19.0 Å². The normalized spacial score (nSPS) is 23.1. The molecule has 0 amide bonds. The molecular weight excluding hydrogens is 388 g/mol. The van der Waals surface area contributed by atoms with Gasteiger partial charge in [-0.25, -0.2) is 0 Å². The number of hydrogen-bond donors (Lipinski definition) is 0. The molecular formula is C27H34O4. The second kappa shape index (κ2) is 10.8. The maximum absolute atomic E-state index is 13.5. The summed E-state index contributed by atoms with van der Waals surface area (Å²) in [4.78, 5) is 13.5. The summed E-state index contributed by atoms with van der Waals surface area (Å²) in [7, 11) is 0. The van der Waals surface area contributed by atoms with E-state index in [9.17, 15) is 4.79 Å². The summed E-state index contributed by atoms with van der Waals surface area (Å²) in [6.45, 7) is 2.97. The first-order valence-electron chi connectivity index (χ1n) is 11.9. The van der Waals surface area contributed by atoms with Gasteiger partial charge in [-0.3, -0.25) is 4.79 Å². The van der Waals surface area contributed by atoms with Crippen molar-refractivity contribution >= 4 is 5.78 Å².